The number of carboxylic acid groups (broad SMARTS) is 1. The molecule has 1 aromatic carbocycles. The van der Waals surface area contributed by atoms with Gasteiger partial charge in [0.1, 0.15) is 11.3 Å². The summed E-state index contributed by atoms with van der Waals surface area (Å²) in [5.74, 6) is -0.496. The van der Waals surface area contributed by atoms with E-state index >= 15 is 0 Å². The van der Waals surface area contributed by atoms with Gasteiger partial charge in [-0.3, -0.25) is 0 Å². The van der Waals surface area contributed by atoms with Crippen molar-refractivity contribution in [1.82, 2.24) is 5.16 Å². The van der Waals surface area contributed by atoms with Crippen molar-refractivity contribution in [2.24, 2.45) is 0 Å². The Morgan fingerprint density at radius 3 is 2.72 bits per heavy atom. The number of aromatic carboxylic acids is 1. The number of carbonyl (C=O) groups is 1. The lowest BCUT2D eigenvalue weighted by Crippen LogP contribution is -1.94. The van der Waals surface area contributed by atoms with E-state index in [1.54, 1.807) is 12.1 Å². The van der Waals surface area contributed by atoms with Crippen molar-refractivity contribution in [3.8, 4) is 17.3 Å². The van der Waals surface area contributed by atoms with Crippen LogP contribution in [-0.4, -0.2) is 21.3 Å². The van der Waals surface area contributed by atoms with Crippen LogP contribution in [0.5, 0.6) is 5.75 Å². The van der Waals surface area contributed by atoms with Crippen LogP contribution >= 0.6 is 0 Å². The second-order valence-corrected chi connectivity index (χ2v) is 3.71. The van der Waals surface area contributed by atoms with E-state index in [-0.39, 0.29) is 17.2 Å². The van der Waals surface area contributed by atoms with Crippen LogP contribution in [0.15, 0.2) is 39.3 Å². The molecule has 6 nitrogen and oxygen atoms in total. The molecular weight excluding hydrogens is 238 g/mol. The fraction of sp³-hybridized carbons (Fsp3) is 0. The fourth-order valence-electron chi connectivity index (χ4n) is 1.63. The SMILES string of the molecule is O=C(O)c1cc(-c2cc3ccc(O)cc3o2)on1. The Bertz CT molecular complexity index is 740. The monoisotopic (exact) mass is 245 g/mol. The predicted octanol–water partition coefficient (Wildman–Crippen LogP) is 2.49. The van der Waals surface area contributed by atoms with Gasteiger partial charge in [-0.1, -0.05) is 5.16 Å². The van der Waals surface area contributed by atoms with E-state index in [4.69, 9.17) is 14.0 Å². The maximum absolute atomic E-state index is 10.7. The minimum atomic E-state index is -1.17. The Kier molecular flexibility index (Phi) is 2.09. The summed E-state index contributed by atoms with van der Waals surface area (Å²) < 4.78 is 10.3. The number of phenolic OH excluding ortho intramolecular Hbond substituents is 1. The first-order valence-corrected chi connectivity index (χ1v) is 5.06. The van der Waals surface area contributed by atoms with Gasteiger partial charge >= 0.3 is 5.97 Å². The molecule has 0 atom stereocenters. The van der Waals surface area contributed by atoms with Crippen LogP contribution < -0.4 is 0 Å². The van der Waals surface area contributed by atoms with Crippen LogP contribution in [0.4, 0.5) is 0 Å². The van der Waals surface area contributed by atoms with Gasteiger partial charge in [0.05, 0.1) is 0 Å². The van der Waals surface area contributed by atoms with Gasteiger partial charge in [0.25, 0.3) is 0 Å². The third-order valence-corrected chi connectivity index (χ3v) is 2.48. The van der Waals surface area contributed by atoms with Gasteiger partial charge in [-0.15, -0.1) is 0 Å². The molecule has 2 heterocycles. The van der Waals surface area contributed by atoms with E-state index in [1.807, 2.05) is 0 Å². The molecule has 0 aliphatic rings. The molecule has 0 aliphatic heterocycles. The standard InChI is InChI=1S/C12H7NO5/c14-7-2-1-6-3-10(17-9(6)4-7)11-5-8(12(15)16)13-18-11/h1-5,14H,(H,15,16). The largest absolute Gasteiger partial charge is 0.508 e. The van der Waals surface area contributed by atoms with Crippen molar-refractivity contribution in [3.63, 3.8) is 0 Å². The van der Waals surface area contributed by atoms with Crippen LogP contribution in [0.3, 0.4) is 0 Å². The molecule has 3 rings (SSSR count). The Balaban J connectivity index is 2.10. The van der Waals surface area contributed by atoms with Crippen molar-refractivity contribution in [2.45, 2.75) is 0 Å². The molecule has 0 aliphatic carbocycles. The Labute approximate surface area is 100 Å². The van der Waals surface area contributed by atoms with Crippen LogP contribution in [-0.2, 0) is 0 Å². The summed E-state index contributed by atoms with van der Waals surface area (Å²) in [5.41, 5.74) is 0.298. The number of furan rings is 1. The number of benzene rings is 1. The molecule has 0 radical (unpaired) electrons. The van der Waals surface area contributed by atoms with E-state index < -0.39 is 5.97 Å². The molecule has 0 amide bonds. The minimum absolute atomic E-state index is 0.0900. The van der Waals surface area contributed by atoms with Gasteiger partial charge in [-0.05, 0) is 18.2 Å². The average Bonchev–Trinajstić information content (AvgIpc) is 2.93. The maximum atomic E-state index is 10.7. The highest BCUT2D eigenvalue weighted by Gasteiger charge is 2.15. The number of rotatable bonds is 2. The van der Waals surface area contributed by atoms with Gasteiger partial charge in [0, 0.05) is 17.5 Å². The summed E-state index contributed by atoms with van der Waals surface area (Å²) in [6.07, 6.45) is 0. The quantitative estimate of drug-likeness (QED) is 0.719. The second kappa shape index (κ2) is 3.63. The van der Waals surface area contributed by atoms with E-state index in [0.29, 0.717) is 11.3 Å². The summed E-state index contributed by atoms with van der Waals surface area (Å²) in [6.45, 7) is 0. The zero-order valence-electron chi connectivity index (χ0n) is 8.95. The zero-order chi connectivity index (χ0) is 12.7. The Hall–Kier alpha value is -2.76. The minimum Gasteiger partial charge on any atom is -0.508 e. The Morgan fingerprint density at radius 2 is 2.00 bits per heavy atom. The summed E-state index contributed by atoms with van der Waals surface area (Å²) in [5, 5.41) is 22.2. The molecule has 18 heavy (non-hydrogen) atoms. The third-order valence-electron chi connectivity index (χ3n) is 2.48. The topological polar surface area (TPSA) is 96.7 Å². The third kappa shape index (κ3) is 1.60. The second-order valence-electron chi connectivity index (χ2n) is 3.71. The molecule has 0 fully saturated rings. The Morgan fingerprint density at radius 1 is 1.17 bits per heavy atom. The van der Waals surface area contributed by atoms with Gasteiger partial charge in [-0.2, -0.15) is 0 Å². The molecule has 0 saturated heterocycles. The van der Waals surface area contributed by atoms with Crippen LogP contribution in [0, 0.1) is 0 Å². The summed E-state index contributed by atoms with van der Waals surface area (Å²) in [6, 6.07) is 7.64. The van der Waals surface area contributed by atoms with E-state index in [1.165, 1.54) is 18.2 Å². The molecule has 0 bridgehead atoms. The van der Waals surface area contributed by atoms with Gasteiger partial charge in [0.15, 0.2) is 11.5 Å². The summed E-state index contributed by atoms with van der Waals surface area (Å²) in [7, 11) is 0. The molecule has 3 aromatic rings. The van der Waals surface area contributed by atoms with Gasteiger partial charge in [0.2, 0.25) is 5.76 Å². The summed E-state index contributed by atoms with van der Waals surface area (Å²) >= 11 is 0. The molecule has 2 aromatic heterocycles. The van der Waals surface area contributed by atoms with E-state index in [0.717, 1.165) is 5.39 Å². The fourth-order valence-corrected chi connectivity index (χ4v) is 1.63. The first-order chi connectivity index (χ1) is 8.63. The van der Waals surface area contributed by atoms with Crippen molar-refractivity contribution in [3.05, 3.63) is 36.0 Å². The molecule has 0 saturated carbocycles. The van der Waals surface area contributed by atoms with Crippen molar-refractivity contribution in [2.75, 3.05) is 0 Å². The number of phenols is 1. The predicted molar refractivity (Wildman–Crippen MR) is 60.3 cm³/mol. The lowest BCUT2D eigenvalue weighted by Gasteiger charge is -1.89. The number of aromatic nitrogens is 1. The number of hydrogen-bond acceptors (Lipinski definition) is 5. The molecule has 0 spiro atoms. The van der Waals surface area contributed by atoms with Crippen LogP contribution in [0.25, 0.3) is 22.5 Å². The highest BCUT2D eigenvalue weighted by atomic mass is 16.5. The lowest BCUT2D eigenvalue weighted by atomic mass is 10.2. The molecule has 2 N–H and O–H groups in total. The van der Waals surface area contributed by atoms with Crippen molar-refractivity contribution < 1.29 is 23.9 Å². The number of aromatic hydroxyl groups is 1. The smallest absolute Gasteiger partial charge is 0.358 e. The lowest BCUT2D eigenvalue weighted by molar-refractivity contribution is 0.0686. The highest BCUT2D eigenvalue weighted by molar-refractivity contribution is 5.87. The average molecular weight is 245 g/mol. The van der Waals surface area contributed by atoms with Crippen LogP contribution in [0.1, 0.15) is 10.5 Å². The molecule has 90 valence electrons. The number of hydrogen-bond donors (Lipinski definition) is 2. The number of carboxylic acids is 1. The number of nitrogens with zero attached hydrogens (tertiary/aromatic N) is 1. The highest BCUT2D eigenvalue weighted by Crippen LogP contribution is 2.30. The molecule has 6 heteroatoms. The van der Waals surface area contributed by atoms with Gasteiger partial charge < -0.3 is 19.2 Å². The summed E-state index contributed by atoms with van der Waals surface area (Å²) in [4.78, 5) is 10.7. The first-order valence-electron chi connectivity index (χ1n) is 5.06. The number of fused-ring (bicyclic) bond motifs is 1. The zero-order valence-corrected chi connectivity index (χ0v) is 8.95. The van der Waals surface area contributed by atoms with Crippen LogP contribution in [0.2, 0.25) is 0 Å². The molecule has 0 unspecified atom stereocenters. The first kappa shape index (κ1) is 10.4. The van der Waals surface area contributed by atoms with Crippen molar-refractivity contribution in [1.29, 1.82) is 0 Å². The normalized spacial score (nSPS) is 10.9. The van der Waals surface area contributed by atoms with Gasteiger partial charge in [-0.25, -0.2) is 4.79 Å². The van der Waals surface area contributed by atoms with E-state index in [9.17, 15) is 9.90 Å². The van der Waals surface area contributed by atoms with Crippen molar-refractivity contribution >= 4 is 16.9 Å². The molecular formula is C12H7NO5. The van der Waals surface area contributed by atoms with E-state index in [2.05, 4.69) is 5.16 Å². The maximum Gasteiger partial charge on any atom is 0.358 e.